The molecule has 0 radical (unpaired) electrons. The molecule has 4 aromatic rings. The standard InChI is InChI=1S/C38H42FN3O5S/c1-28-13-15-30(16-14-28)26-41(36(25-29-9-5-3-6-10-29)38(44)40-32-11-7-4-8-12-32)37(43)27-42(33-19-17-31(39)18-20-33)48(45,46)35-23-21-34(47-2)22-24-35/h3,5-6,9-10,13-24,32,36H,4,7-8,11-12,25-27H2,1-2H3,(H,40,44)/t36-/m0/s1. The average molecular weight is 672 g/mol. The van der Waals surface area contributed by atoms with Crippen LogP contribution in [0.4, 0.5) is 10.1 Å². The van der Waals surface area contributed by atoms with Crippen molar-refractivity contribution in [2.45, 2.75) is 69.0 Å². The molecular weight excluding hydrogens is 629 g/mol. The Hall–Kier alpha value is -4.70. The van der Waals surface area contributed by atoms with Crippen LogP contribution < -0.4 is 14.4 Å². The first-order valence-corrected chi connectivity index (χ1v) is 17.7. The van der Waals surface area contributed by atoms with Gasteiger partial charge in [-0.1, -0.05) is 79.4 Å². The van der Waals surface area contributed by atoms with Gasteiger partial charge < -0.3 is 15.0 Å². The number of rotatable bonds is 13. The fourth-order valence-corrected chi connectivity index (χ4v) is 7.41. The van der Waals surface area contributed by atoms with Crippen molar-refractivity contribution in [3.05, 3.63) is 126 Å². The molecule has 48 heavy (non-hydrogen) atoms. The Kier molecular flexibility index (Phi) is 11.5. The SMILES string of the molecule is COc1ccc(S(=O)(=O)N(CC(=O)N(Cc2ccc(C)cc2)[C@@H](Cc2ccccc2)C(=O)NC2CCCCC2)c2ccc(F)cc2)cc1. The van der Waals surface area contributed by atoms with E-state index < -0.39 is 34.3 Å². The number of carbonyl (C=O) groups excluding carboxylic acids is 2. The van der Waals surface area contributed by atoms with E-state index >= 15 is 0 Å². The van der Waals surface area contributed by atoms with Crippen LogP contribution in [0.2, 0.25) is 0 Å². The zero-order chi connectivity index (χ0) is 34.1. The molecule has 1 saturated carbocycles. The summed E-state index contributed by atoms with van der Waals surface area (Å²) in [5, 5.41) is 3.21. The molecule has 2 amide bonds. The number of amides is 2. The van der Waals surface area contributed by atoms with Gasteiger partial charge in [-0.05, 0) is 79.4 Å². The summed E-state index contributed by atoms with van der Waals surface area (Å²) in [4.78, 5) is 30.2. The molecule has 0 unspecified atom stereocenters. The summed E-state index contributed by atoms with van der Waals surface area (Å²) in [6.45, 7) is 1.43. The van der Waals surface area contributed by atoms with E-state index in [4.69, 9.17) is 4.74 Å². The molecule has 252 valence electrons. The number of benzene rings is 4. The summed E-state index contributed by atoms with van der Waals surface area (Å²) in [6.07, 6.45) is 5.15. The molecule has 1 aliphatic carbocycles. The van der Waals surface area contributed by atoms with E-state index in [1.165, 1.54) is 48.4 Å². The lowest BCUT2D eigenvalue weighted by Gasteiger charge is -2.35. The number of anilines is 1. The van der Waals surface area contributed by atoms with E-state index in [-0.39, 0.29) is 35.5 Å². The van der Waals surface area contributed by atoms with Gasteiger partial charge in [-0.2, -0.15) is 0 Å². The third-order valence-corrected chi connectivity index (χ3v) is 10.5. The molecule has 0 saturated heterocycles. The minimum Gasteiger partial charge on any atom is -0.497 e. The van der Waals surface area contributed by atoms with Crippen LogP contribution in [0.25, 0.3) is 0 Å². The van der Waals surface area contributed by atoms with Crippen molar-refractivity contribution in [2.24, 2.45) is 0 Å². The van der Waals surface area contributed by atoms with Gasteiger partial charge >= 0.3 is 0 Å². The monoisotopic (exact) mass is 671 g/mol. The molecule has 0 aromatic heterocycles. The smallest absolute Gasteiger partial charge is 0.264 e. The molecule has 1 N–H and O–H groups in total. The molecule has 4 aromatic carbocycles. The molecule has 1 aliphatic rings. The van der Waals surface area contributed by atoms with Crippen molar-refractivity contribution in [2.75, 3.05) is 18.0 Å². The Morgan fingerprint density at radius 1 is 0.854 bits per heavy atom. The highest BCUT2D eigenvalue weighted by molar-refractivity contribution is 7.92. The quantitative estimate of drug-likeness (QED) is 0.177. The maximum atomic E-state index is 14.6. The van der Waals surface area contributed by atoms with Crippen LogP contribution in [-0.4, -0.2) is 50.9 Å². The lowest BCUT2D eigenvalue weighted by molar-refractivity contribution is -0.140. The largest absolute Gasteiger partial charge is 0.497 e. The summed E-state index contributed by atoms with van der Waals surface area (Å²) in [5.74, 6) is -0.931. The van der Waals surface area contributed by atoms with E-state index in [9.17, 15) is 22.4 Å². The van der Waals surface area contributed by atoms with Gasteiger partial charge in [0.05, 0.1) is 17.7 Å². The number of halogens is 1. The van der Waals surface area contributed by atoms with E-state index in [0.717, 1.165) is 65.2 Å². The van der Waals surface area contributed by atoms with E-state index in [0.29, 0.717) is 5.75 Å². The number of hydrogen-bond acceptors (Lipinski definition) is 5. The van der Waals surface area contributed by atoms with Crippen molar-refractivity contribution < 1.29 is 27.1 Å². The molecule has 1 atom stereocenters. The van der Waals surface area contributed by atoms with Crippen molar-refractivity contribution in [3.63, 3.8) is 0 Å². The van der Waals surface area contributed by atoms with Gasteiger partial charge in [-0.25, -0.2) is 12.8 Å². The van der Waals surface area contributed by atoms with Crippen LogP contribution in [0.3, 0.4) is 0 Å². The summed E-state index contributed by atoms with van der Waals surface area (Å²) in [6, 6.07) is 27.0. The van der Waals surface area contributed by atoms with Crippen LogP contribution in [-0.2, 0) is 32.6 Å². The molecule has 1 fully saturated rings. The van der Waals surface area contributed by atoms with Crippen LogP contribution in [0.15, 0.2) is 108 Å². The number of ether oxygens (including phenoxy) is 1. The van der Waals surface area contributed by atoms with Crippen molar-refractivity contribution >= 4 is 27.5 Å². The van der Waals surface area contributed by atoms with Crippen molar-refractivity contribution in [1.82, 2.24) is 10.2 Å². The van der Waals surface area contributed by atoms with E-state index in [1.54, 1.807) is 0 Å². The van der Waals surface area contributed by atoms with Gasteiger partial charge in [0.2, 0.25) is 11.8 Å². The Balaban J connectivity index is 1.55. The molecule has 0 bridgehead atoms. The van der Waals surface area contributed by atoms with Crippen molar-refractivity contribution in [1.29, 1.82) is 0 Å². The highest BCUT2D eigenvalue weighted by Gasteiger charge is 2.35. The normalized spacial score (nSPS) is 14.1. The van der Waals surface area contributed by atoms with Gasteiger partial charge in [0.15, 0.2) is 0 Å². The van der Waals surface area contributed by atoms with Gasteiger partial charge in [-0.3, -0.25) is 13.9 Å². The second kappa shape index (κ2) is 15.9. The number of aryl methyl sites for hydroxylation is 1. The van der Waals surface area contributed by atoms with Gasteiger partial charge in [-0.15, -0.1) is 0 Å². The number of carbonyl (C=O) groups is 2. The molecule has 0 spiro atoms. The number of hydrogen-bond donors (Lipinski definition) is 1. The van der Waals surface area contributed by atoms with Gasteiger partial charge in [0, 0.05) is 19.0 Å². The second-order valence-corrected chi connectivity index (χ2v) is 14.1. The average Bonchev–Trinajstić information content (AvgIpc) is 3.10. The summed E-state index contributed by atoms with van der Waals surface area (Å²) in [5.41, 5.74) is 2.82. The highest BCUT2D eigenvalue weighted by atomic mass is 32.2. The van der Waals surface area contributed by atoms with Gasteiger partial charge in [0.25, 0.3) is 10.0 Å². The zero-order valence-electron chi connectivity index (χ0n) is 27.3. The number of sulfonamides is 1. The fraction of sp³-hybridized carbons (Fsp3) is 0.316. The minimum absolute atomic E-state index is 0.00649. The Labute approximate surface area is 282 Å². The predicted octanol–water partition coefficient (Wildman–Crippen LogP) is 6.43. The van der Waals surface area contributed by atoms with Crippen LogP contribution in [0, 0.1) is 12.7 Å². The number of nitrogens with one attached hydrogen (secondary N) is 1. The maximum absolute atomic E-state index is 14.6. The molecule has 10 heteroatoms. The minimum atomic E-state index is -4.32. The third-order valence-electron chi connectivity index (χ3n) is 8.74. The Morgan fingerprint density at radius 3 is 2.12 bits per heavy atom. The molecule has 8 nitrogen and oxygen atoms in total. The van der Waals surface area contributed by atoms with E-state index in [1.807, 2.05) is 61.5 Å². The van der Waals surface area contributed by atoms with Crippen molar-refractivity contribution in [3.8, 4) is 5.75 Å². The third kappa shape index (κ3) is 8.80. The zero-order valence-corrected chi connectivity index (χ0v) is 28.2. The molecular formula is C38H42FN3O5S. The summed E-state index contributed by atoms with van der Waals surface area (Å²) in [7, 11) is -2.84. The molecule has 0 aliphatic heterocycles. The number of methoxy groups -OCH3 is 1. The Bertz CT molecular complexity index is 1760. The first-order valence-electron chi connectivity index (χ1n) is 16.3. The first-order chi connectivity index (χ1) is 23.1. The fourth-order valence-electron chi connectivity index (χ4n) is 6.00. The van der Waals surface area contributed by atoms with Crippen LogP contribution in [0.5, 0.6) is 5.75 Å². The second-order valence-electron chi connectivity index (χ2n) is 12.2. The summed E-state index contributed by atoms with van der Waals surface area (Å²) < 4.78 is 48.5. The topological polar surface area (TPSA) is 96.0 Å². The van der Waals surface area contributed by atoms with E-state index in [2.05, 4.69) is 5.32 Å². The summed E-state index contributed by atoms with van der Waals surface area (Å²) >= 11 is 0. The molecule has 0 heterocycles. The van der Waals surface area contributed by atoms with Crippen LogP contribution in [0.1, 0.15) is 48.8 Å². The highest BCUT2D eigenvalue weighted by Crippen LogP contribution is 2.27. The number of nitrogens with zero attached hydrogens (tertiary/aromatic N) is 2. The Morgan fingerprint density at radius 2 is 1.50 bits per heavy atom. The van der Waals surface area contributed by atoms with Crippen LogP contribution >= 0.6 is 0 Å². The lowest BCUT2D eigenvalue weighted by atomic mass is 9.94. The predicted molar refractivity (Wildman–Crippen MR) is 185 cm³/mol. The van der Waals surface area contributed by atoms with Gasteiger partial charge in [0.1, 0.15) is 24.2 Å². The maximum Gasteiger partial charge on any atom is 0.264 e. The molecule has 5 rings (SSSR count). The lowest BCUT2D eigenvalue weighted by Crippen LogP contribution is -2.55. The first kappa shape index (κ1) is 34.6.